The van der Waals surface area contributed by atoms with E-state index in [-0.39, 0.29) is 5.79 Å². The fourth-order valence-corrected chi connectivity index (χ4v) is 2.19. The van der Waals surface area contributed by atoms with Crippen molar-refractivity contribution in [3.63, 3.8) is 0 Å². The molecule has 82 valence electrons. The van der Waals surface area contributed by atoms with Gasteiger partial charge in [0.05, 0.1) is 13.2 Å². The summed E-state index contributed by atoms with van der Waals surface area (Å²) in [6, 6.07) is 0. The molecule has 0 aromatic carbocycles. The predicted octanol–water partition coefficient (Wildman–Crippen LogP) is 3.13. The monoisotopic (exact) mass is 198 g/mol. The molecule has 2 fully saturated rings. The minimum Gasteiger partial charge on any atom is -0.347 e. The molecule has 0 N–H and O–H groups in total. The SMILES string of the molecule is C=CC.CC1CCCCC12OCCO2. The van der Waals surface area contributed by atoms with Crippen molar-refractivity contribution in [2.75, 3.05) is 13.2 Å². The largest absolute Gasteiger partial charge is 0.347 e. The summed E-state index contributed by atoms with van der Waals surface area (Å²) >= 11 is 0. The molecule has 2 heteroatoms. The predicted molar refractivity (Wildman–Crippen MR) is 58.1 cm³/mol. The van der Waals surface area contributed by atoms with Crippen LogP contribution >= 0.6 is 0 Å². The fraction of sp³-hybridized carbons (Fsp3) is 0.833. The van der Waals surface area contributed by atoms with E-state index in [1.165, 1.54) is 19.3 Å². The first-order valence-corrected chi connectivity index (χ1v) is 5.60. The van der Waals surface area contributed by atoms with Crippen LogP contribution < -0.4 is 0 Å². The molecule has 0 amide bonds. The van der Waals surface area contributed by atoms with E-state index in [0.717, 1.165) is 19.6 Å². The van der Waals surface area contributed by atoms with E-state index in [1.54, 1.807) is 6.08 Å². The van der Waals surface area contributed by atoms with Gasteiger partial charge in [0.2, 0.25) is 0 Å². The molecule has 1 atom stereocenters. The Morgan fingerprint density at radius 3 is 2.36 bits per heavy atom. The Labute approximate surface area is 87.3 Å². The summed E-state index contributed by atoms with van der Waals surface area (Å²) in [5.41, 5.74) is 0. The molecule has 2 aliphatic rings. The second kappa shape index (κ2) is 5.52. The van der Waals surface area contributed by atoms with Gasteiger partial charge in [-0.05, 0) is 19.8 Å². The van der Waals surface area contributed by atoms with Crippen molar-refractivity contribution in [3.05, 3.63) is 12.7 Å². The molecular formula is C12H22O2. The Morgan fingerprint density at radius 1 is 1.29 bits per heavy atom. The lowest BCUT2D eigenvalue weighted by Crippen LogP contribution is -2.40. The molecule has 0 aromatic rings. The third-order valence-corrected chi connectivity index (χ3v) is 2.94. The Kier molecular flexibility index (Phi) is 4.63. The van der Waals surface area contributed by atoms with Crippen LogP contribution in [0.15, 0.2) is 12.7 Å². The molecule has 1 spiro atoms. The van der Waals surface area contributed by atoms with Crippen molar-refractivity contribution < 1.29 is 9.47 Å². The van der Waals surface area contributed by atoms with Crippen molar-refractivity contribution in [2.24, 2.45) is 5.92 Å². The summed E-state index contributed by atoms with van der Waals surface area (Å²) in [6.07, 6.45) is 6.73. The molecule has 1 saturated heterocycles. The molecule has 1 unspecified atom stereocenters. The van der Waals surface area contributed by atoms with Gasteiger partial charge in [-0.25, -0.2) is 0 Å². The van der Waals surface area contributed by atoms with Crippen LogP contribution in [0.3, 0.4) is 0 Å². The third kappa shape index (κ3) is 2.58. The first-order chi connectivity index (χ1) is 6.75. The van der Waals surface area contributed by atoms with Gasteiger partial charge in [0, 0.05) is 12.3 Å². The minimum atomic E-state index is -0.168. The van der Waals surface area contributed by atoms with E-state index in [9.17, 15) is 0 Å². The molecule has 1 saturated carbocycles. The summed E-state index contributed by atoms with van der Waals surface area (Å²) < 4.78 is 11.3. The van der Waals surface area contributed by atoms with Crippen LogP contribution in [-0.2, 0) is 9.47 Å². The van der Waals surface area contributed by atoms with Crippen LogP contribution in [0.2, 0.25) is 0 Å². The highest BCUT2D eigenvalue weighted by Gasteiger charge is 2.43. The molecule has 0 aromatic heterocycles. The third-order valence-electron chi connectivity index (χ3n) is 2.94. The molecular weight excluding hydrogens is 176 g/mol. The number of rotatable bonds is 0. The summed E-state index contributed by atoms with van der Waals surface area (Å²) in [7, 11) is 0. The highest BCUT2D eigenvalue weighted by Crippen LogP contribution is 2.39. The fourth-order valence-electron chi connectivity index (χ4n) is 2.19. The van der Waals surface area contributed by atoms with Gasteiger partial charge in [0.25, 0.3) is 0 Å². The van der Waals surface area contributed by atoms with E-state index in [0.29, 0.717) is 5.92 Å². The lowest BCUT2D eigenvalue weighted by Gasteiger charge is -2.37. The highest BCUT2D eigenvalue weighted by atomic mass is 16.7. The molecule has 14 heavy (non-hydrogen) atoms. The maximum Gasteiger partial charge on any atom is 0.171 e. The van der Waals surface area contributed by atoms with Crippen molar-refractivity contribution in [3.8, 4) is 0 Å². The van der Waals surface area contributed by atoms with Gasteiger partial charge in [-0.2, -0.15) is 0 Å². The summed E-state index contributed by atoms with van der Waals surface area (Å²) in [4.78, 5) is 0. The summed E-state index contributed by atoms with van der Waals surface area (Å²) in [5.74, 6) is 0.428. The standard InChI is InChI=1S/C9H16O2.C3H6/c1-8-4-2-3-5-9(8)10-6-7-11-9;1-3-2/h8H,2-7H2,1H3;3H,1H2,2H3. The first-order valence-electron chi connectivity index (χ1n) is 5.60. The average Bonchev–Trinajstić information content (AvgIpc) is 2.62. The smallest absolute Gasteiger partial charge is 0.171 e. The number of hydrogen-bond acceptors (Lipinski definition) is 2. The van der Waals surface area contributed by atoms with Gasteiger partial charge in [0.1, 0.15) is 0 Å². The molecule has 2 rings (SSSR count). The van der Waals surface area contributed by atoms with Gasteiger partial charge >= 0.3 is 0 Å². The van der Waals surface area contributed by atoms with Crippen LogP contribution in [0.5, 0.6) is 0 Å². The van der Waals surface area contributed by atoms with E-state index < -0.39 is 0 Å². The minimum absolute atomic E-state index is 0.168. The normalized spacial score (nSPS) is 29.4. The number of allylic oxidation sites excluding steroid dienone is 1. The van der Waals surface area contributed by atoms with Crippen LogP contribution in [-0.4, -0.2) is 19.0 Å². The lowest BCUT2D eigenvalue weighted by molar-refractivity contribution is -0.207. The second-order valence-corrected chi connectivity index (χ2v) is 4.06. The molecule has 1 aliphatic carbocycles. The van der Waals surface area contributed by atoms with Gasteiger partial charge < -0.3 is 9.47 Å². The topological polar surface area (TPSA) is 18.5 Å². The van der Waals surface area contributed by atoms with Crippen LogP contribution in [0.4, 0.5) is 0 Å². The van der Waals surface area contributed by atoms with E-state index in [4.69, 9.17) is 9.47 Å². The van der Waals surface area contributed by atoms with Gasteiger partial charge in [0.15, 0.2) is 5.79 Å². The van der Waals surface area contributed by atoms with Crippen LogP contribution in [0.25, 0.3) is 0 Å². The zero-order chi connectivity index (χ0) is 10.4. The zero-order valence-electron chi connectivity index (χ0n) is 9.42. The Bertz CT molecular complexity index is 171. The van der Waals surface area contributed by atoms with Crippen LogP contribution in [0.1, 0.15) is 39.5 Å². The molecule has 0 bridgehead atoms. The molecule has 2 nitrogen and oxygen atoms in total. The van der Waals surface area contributed by atoms with E-state index in [1.807, 2.05) is 6.92 Å². The lowest BCUT2D eigenvalue weighted by atomic mass is 9.85. The van der Waals surface area contributed by atoms with E-state index in [2.05, 4.69) is 13.5 Å². The number of hydrogen-bond donors (Lipinski definition) is 0. The molecule has 0 radical (unpaired) electrons. The van der Waals surface area contributed by atoms with Gasteiger partial charge in [-0.15, -0.1) is 6.58 Å². The summed E-state index contributed by atoms with van der Waals surface area (Å²) in [5, 5.41) is 0. The Morgan fingerprint density at radius 2 is 1.86 bits per heavy atom. The van der Waals surface area contributed by atoms with Crippen LogP contribution in [0, 0.1) is 5.92 Å². The average molecular weight is 198 g/mol. The van der Waals surface area contributed by atoms with E-state index >= 15 is 0 Å². The highest BCUT2D eigenvalue weighted by molar-refractivity contribution is 4.83. The maximum absolute atomic E-state index is 5.67. The summed E-state index contributed by atoms with van der Waals surface area (Å²) in [6.45, 7) is 9.08. The zero-order valence-corrected chi connectivity index (χ0v) is 9.42. The second-order valence-electron chi connectivity index (χ2n) is 4.06. The molecule has 1 heterocycles. The Hall–Kier alpha value is -0.340. The van der Waals surface area contributed by atoms with Crippen molar-refractivity contribution in [1.82, 2.24) is 0 Å². The van der Waals surface area contributed by atoms with Gasteiger partial charge in [-0.1, -0.05) is 19.4 Å². The van der Waals surface area contributed by atoms with Gasteiger partial charge in [-0.3, -0.25) is 0 Å². The molecule has 1 aliphatic heterocycles. The van der Waals surface area contributed by atoms with Crippen molar-refractivity contribution in [1.29, 1.82) is 0 Å². The van der Waals surface area contributed by atoms with Crippen molar-refractivity contribution in [2.45, 2.75) is 45.3 Å². The Balaban J connectivity index is 0.000000293. The number of ether oxygens (including phenoxy) is 2. The van der Waals surface area contributed by atoms with Crippen molar-refractivity contribution >= 4 is 0 Å². The first kappa shape index (κ1) is 11.7. The maximum atomic E-state index is 5.67. The quantitative estimate of drug-likeness (QED) is 0.557.